The van der Waals surface area contributed by atoms with E-state index in [1.54, 1.807) is 0 Å². The van der Waals surface area contributed by atoms with Crippen LogP contribution in [0, 0.1) is 5.82 Å². The van der Waals surface area contributed by atoms with Gasteiger partial charge in [-0.1, -0.05) is 23.2 Å². The van der Waals surface area contributed by atoms with Gasteiger partial charge in [-0.15, -0.1) is 0 Å². The lowest BCUT2D eigenvalue weighted by Crippen LogP contribution is -2.11. The van der Waals surface area contributed by atoms with Crippen LogP contribution >= 0.6 is 23.2 Å². The molecule has 0 bridgehead atoms. The second-order valence-corrected chi connectivity index (χ2v) is 3.35. The van der Waals surface area contributed by atoms with Crippen molar-refractivity contribution in [2.24, 2.45) is 0 Å². The molecule has 0 aromatic heterocycles. The number of halogens is 3. The lowest BCUT2D eigenvalue weighted by molar-refractivity contribution is -0.146. The molecule has 76 valence electrons. The number of aliphatic hydroxyl groups is 1. The van der Waals surface area contributed by atoms with Crippen LogP contribution < -0.4 is 0 Å². The molecular formula is C8H5Cl2FO3. The number of hydrogen-bond acceptors (Lipinski definition) is 2. The molecule has 3 nitrogen and oxygen atoms in total. The van der Waals surface area contributed by atoms with Crippen molar-refractivity contribution in [1.29, 1.82) is 0 Å². The van der Waals surface area contributed by atoms with E-state index in [1.807, 2.05) is 0 Å². The molecule has 0 aliphatic heterocycles. The van der Waals surface area contributed by atoms with Crippen molar-refractivity contribution in [2.45, 2.75) is 6.10 Å². The van der Waals surface area contributed by atoms with E-state index < -0.39 is 22.9 Å². The maximum absolute atomic E-state index is 12.9. The fourth-order valence-corrected chi connectivity index (χ4v) is 1.33. The third kappa shape index (κ3) is 2.15. The molecule has 1 aromatic rings. The molecular weight excluding hydrogens is 234 g/mol. The summed E-state index contributed by atoms with van der Waals surface area (Å²) in [5, 5.41) is 17.1. The van der Waals surface area contributed by atoms with E-state index >= 15 is 0 Å². The fraction of sp³-hybridized carbons (Fsp3) is 0.125. The summed E-state index contributed by atoms with van der Waals surface area (Å²) in [6.07, 6.45) is -1.88. The molecule has 0 radical (unpaired) electrons. The Morgan fingerprint density at radius 1 is 1.43 bits per heavy atom. The summed E-state index contributed by atoms with van der Waals surface area (Å²) < 4.78 is 12.9. The van der Waals surface area contributed by atoms with Crippen LogP contribution in [0.5, 0.6) is 0 Å². The Hall–Kier alpha value is -0.840. The lowest BCUT2D eigenvalue weighted by Gasteiger charge is -2.08. The van der Waals surface area contributed by atoms with Gasteiger partial charge in [0.25, 0.3) is 0 Å². The Labute approximate surface area is 88.7 Å². The molecule has 1 aromatic carbocycles. The van der Waals surface area contributed by atoms with Crippen LogP contribution in [0.1, 0.15) is 11.7 Å². The maximum atomic E-state index is 12.9. The highest BCUT2D eigenvalue weighted by molar-refractivity contribution is 6.33. The maximum Gasteiger partial charge on any atom is 0.337 e. The molecule has 0 unspecified atom stereocenters. The van der Waals surface area contributed by atoms with E-state index in [4.69, 9.17) is 33.4 Å². The third-order valence-electron chi connectivity index (χ3n) is 1.55. The molecule has 1 rings (SSSR count). The molecule has 0 fully saturated rings. The SMILES string of the molecule is O=C(O)[C@H](O)c1cc(Cl)cc(F)c1Cl. The zero-order valence-electron chi connectivity index (χ0n) is 6.67. The first-order valence-electron chi connectivity index (χ1n) is 3.48. The Balaban J connectivity index is 3.26. The Morgan fingerprint density at radius 2 is 2.00 bits per heavy atom. The summed E-state index contributed by atoms with van der Waals surface area (Å²) in [6, 6.07) is 2.04. The first-order valence-corrected chi connectivity index (χ1v) is 4.24. The topological polar surface area (TPSA) is 57.5 Å². The molecule has 6 heteroatoms. The van der Waals surface area contributed by atoms with Crippen molar-refractivity contribution in [3.8, 4) is 0 Å². The van der Waals surface area contributed by atoms with Gasteiger partial charge >= 0.3 is 5.97 Å². The predicted molar refractivity (Wildman–Crippen MR) is 49.0 cm³/mol. The highest BCUT2D eigenvalue weighted by Crippen LogP contribution is 2.29. The molecule has 0 saturated heterocycles. The zero-order chi connectivity index (χ0) is 10.9. The largest absolute Gasteiger partial charge is 0.479 e. The number of carboxylic acids is 1. The minimum Gasteiger partial charge on any atom is -0.479 e. The third-order valence-corrected chi connectivity index (χ3v) is 2.17. The summed E-state index contributed by atoms with van der Waals surface area (Å²) in [5.74, 6) is -2.39. The van der Waals surface area contributed by atoms with E-state index in [0.717, 1.165) is 12.1 Å². The number of rotatable bonds is 2. The molecule has 0 spiro atoms. The first-order chi connectivity index (χ1) is 6.43. The molecule has 0 aliphatic carbocycles. The van der Waals surface area contributed by atoms with E-state index in [-0.39, 0.29) is 10.6 Å². The highest BCUT2D eigenvalue weighted by Gasteiger charge is 2.21. The second kappa shape index (κ2) is 4.13. The average molecular weight is 239 g/mol. The Morgan fingerprint density at radius 3 is 2.50 bits per heavy atom. The van der Waals surface area contributed by atoms with Crippen molar-refractivity contribution in [2.75, 3.05) is 0 Å². The van der Waals surface area contributed by atoms with E-state index in [2.05, 4.69) is 0 Å². The molecule has 0 amide bonds. The van der Waals surface area contributed by atoms with E-state index in [0.29, 0.717) is 0 Å². The summed E-state index contributed by atoms with van der Waals surface area (Å²) in [6.45, 7) is 0. The van der Waals surface area contributed by atoms with Crippen LogP contribution in [-0.4, -0.2) is 16.2 Å². The number of carbonyl (C=O) groups is 1. The van der Waals surface area contributed by atoms with Gasteiger partial charge in [-0.2, -0.15) is 0 Å². The van der Waals surface area contributed by atoms with Crippen LogP contribution in [0.4, 0.5) is 4.39 Å². The number of aliphatic hydroxyl groups excluding tert-OH is 1. The minimum atomic E-state index is -1.88. The monoisotopic (exact) mass is 238 g/mol. The summed E-state index contributed by atoms with van der Waals surface area (Å²) in [5.41, 5.74) is -0.260. The van der Waals surface area contributed by atoms with Crippen molar-refractivity contribution in [3.05, 3.63) is 33.6 Å². The summed E-state index contributed by atoms with van der Waals surface area (Å²) >= 11 is 10.9. The number of hydrogen-bond donors (Lipinski definition) is 2. The second-order valence-electron chi connectivity index (χ2n) is 2.53. The fourth-order valence-electron chi connectivity index (χ4n) is 0.908. The van der Waals surface area contributed by atoms with Gasteiger partial charge < -0.3 is 10.2 Å². The summed E-state index contributed by atoms with van der Waals surface area (Å²) in [4.78, 5) is 10.4. The first kappa shape index (κ1) is 11.2. The quantitative estimate of drug-likeness (QED) is 0.778. The zero-order valence-corrected chi connectivity index (χ0v) is 8.18. The molecule has 2 N–H and O–H groups in total. The van der Waals surface area contributed by atoms with Crippen molar-refractivity contribution in [3.63, 3.8) is 0 Å². The van der Waals surface area contributed by atoms with Crippen LogP contribution in [0.3, 0.4) is 0 Å². The van der Waals surface area contributed by atoms with Gasteiger partial charge in [-0.05, 0) is 12.1 Å². The number of aliphatic carboxylic acids is 1. The molecule has 14 heavy (non-hydrogen) atoms. The van der Waals surface area contributed by atoms with Gasteiger partial charge in [0.1, 0.15) is 5.82 Å². The van der Waals surface area contributed by atoms with Gasteiger partial charge in [0.05, 0.1) is 5.02 Å². The smallest absolute Gasteiger partial charge is 0.337 e. The Bertz CT molecular complexity index is 381. The van der Waals surface area contributed by atoms with E-state index in [9.17, 15) is 9.18 Å². The van der Waals surface area contributed by atoms with Gasteiger partial charge in [-0.25, -0.2) is 9.18 Å². The lowest BCUT2D eigenvalue weighted by atomic mass is 10.1. The van der Waals surface area contributed by atoms with Crippen molar-refractivity contribution >= 4 is 29.2 Å². The molecule has 0 aliphatic rings. The van der Waals surface area contributed by atoms with Gasteiger partial charge in [0.15, 0.2) is 6.10 Å². The summed E-state index contributed by atoms with van der Waals surface area (Å²) in [7, 11) is 0. The van der Waals surface area contributed by atoms with Crippen molar-refractivity contribution < 1.29 is 19.4 Å². The van der Waals surface area contributed by atoms with Crippen molar-refractivity contribution in [1.82, 2.24) is 0 Å². The number of carboxylic acid groups (broad SMARTS) is 1. The Kier molecular flexibility index (Phi) is 3.31. The van der Waals surface area contributed by atoms with Crippen LogP contribution in [0.15, 0.2) is 12.1 Å². The average Bonchev–Trinajstić information content (AvgIpc) is 2.09. The van der Waals surface area contributed by atoms with E-state index in [1.165, 1.54) is 0 Å². The van der Waals surface area contributed by atoms with Gasteiger partial charge in [0.2, 0.25) is 0 Å². The van der Waals surface area contributed by atoms with Gasteiger partial charge in [-0.3, -0.25) is 0 Å². The molecule has 0 saturated carbocycles. The van der Waals surface area contributed by atoms with Crippen LogP contribution in [0.25, 0.3) is 0 Å². The van der Waals surface area contributed by atoms with Crippen LogP contribution in [-0.2, 0) is 4.79 Å². The molecule has 0 heterocycles. The highest BCUT2D eigenvalue weighted by atomic mass is 35.5. The predicted octanol–water partition coefficient (Wildman–Crippen LogP) is 2.25. The standard InChI is InChI=1S/C8H5Cl2FO3/c9-3-1-4(7(12)8(13)14)6(10)5(11)2-3/h1-2,7,12H,(H,13,14)/t7-/m1/s1. The normalized spacial score (nSPS) is 12.6. The minimum absolute atomic E-state index is 0.0257. The number of benzene rings is 1. The van der Waals surface area contributed by atoms with Gasteiger partial charge in [0, 0.05) is 10.6 Å². The molecule has 1 atom stereocenters. The van der Waals surface area contributed by atoms with Crippen LogP contribution in [0.2, 0.25) is 10.0 Å².